The van der Waals surface area contributed by atoms with Crippen molar-refractivity contribution in [2.24, 2.45) is 26.8 Å². The fraction of sp³-hybridized carbons (Fsp3) is 0.531. The molecule has 11 nitrogen and oxygen atoms in total. The van der Waals surface area contributed by atoms with Crippen molar-refractivity contribution in [3.63, 3.8) is 0 Å². The molecule has 11 heteroatoms. The van der Waals surface area contributed by atoms with Crippen molar-refractivity contribution in [2.75, 3.05) is 54.4 Å². The average molecular weight is 816 g/mol. The molecule has 0 radical (unpaired) electrons. The standard InChI is InChI=1S/C49H65N7O4/c1-11-33-29(3)38-27-41-34(12-2)30(4)46(52-41)36(18-14-13-15-19-44(59)60)47-31(5)35(20-21-43(58)56(24-16-22-54(7)8)25-17-23-55(9)10)48(53-47)37-26-42(57)45-32(6)39(51-49(37)45)28-40(33)50-38/h27-28,31,35,53,57H,11-13,15-17,19-26H2,1-10H3,(H,59,60)/t31-,35-/m0/s1. The summed E-state index contributed by atoms with van der Waals surface area (Å²) in [4.78, 5) is 47.8. The minimum atomic E-state index is -0.836. The highest BCUT2D eigenvalue weighted by Gasteiger charge is 2.43. The van der Waals surface area contributed by atoms with Gasteiger partial charge in [0.05, 0.1) is 39.8 Å². The van der Waals surface area contributed by atoms with Crippen molar-refractivity contribution in [2.45, 2.75) is 106 Å². The Kier molecular flexibility index (Phi) is 14.2. The number of hydrogen-bond acceptors (Lipinski definition) is 9. The summed E-state index contributed by atoms with van der Waals surface area (Å²) in [5, 5.41) is 24.9. The summed E-state index contributed by atoms with van der Waals surface area (Å²) in [6.07, 6.45) is 9.83. The maximum absolute atomic E-state index is 14.2. The first kappa shape index (κ1) is 44.5. The first-order chi connectivity index (χ1) is 28.6. The van der Waals surface area contributed by atoms with Gasteiger partial charge in [0.1, 0.15) is 5.76 Å². The van der Waals surface area contributed by atoms with Crippen LogP contribution in [0.3, 0.4) is 0 Å². The number of aliphatic imine (C=N–C) groups is 3. The van der Waals surface area contributed by atoms with E-state index in [2.05, 4.69) is 102 Å². The largest absolute Gasteiger partial charge is 0.511 e. The summed E-state index contributed by atoms with van der Waals surface area (Å²) in [6, 6.07) is 0. The number of allylic oxidation sites excluding steroid dienone is 12. The second kappa shape index (κ2) is 19.1. The fourth-order valence-corrected chi connectivity index (χ4v) is 9.32. The molecule has 1 saturated heterocycles. The van der Waals surface area contributed by atoms with Crippen molar-refractivity contribution in [1.29, 1.82) is 0 Å². The number of carboxylic acids is 1. The number of aliphatic carboxylic acids is 1. The maximum atomic E-state index is 14.2. The molecule has 5 heterocycles. The van der Waals surface area contributed by atoms with Gasteiger partial charge in [0.15, 0.2) is 0 Å². The monoisotopic (exact) mass is 816 g/mol. The van der Waals surface area contributed by atoms with E-state index in [1.54, 1.807) is 0 Å². The number of carbonyl (C=O) groups excluding carboxylic acids is 1. The molecule has 1 fully saturated rings. The molecule has 3 N–H and O–H groups in total. The molecule has 6 rings (SSSR count). The smallest absolute Gasteiger partial charge is 0.303 e. The Labute approximate surface area is 357 Å². The number of carbonyl (C=O) groups is 2. The van der Waals surface area contributed by atoms with E-state index in [4.69, 9.17) is 15.0 Å². The number of rotatable bonds is 16. The molecule has 60 heavy (non-hydrogen) atoms. The number of unbranched alkanes of at least 4 members (excludes halogenated alkanes) is 1. The second-order valence-electron chi connectivity index (χ2n) is 17.4. The van der Waals surface area contributed by atoms with Crippen molar-refractivity contribution < 1.29 is 19.8 Å². The number of nitrogens with zero attached hydrogens (tertiary/aromatic N) is 6. The van der Waals surface area contributed by atoms with Crippen LogP contribution in [0.2, 0.25) is 0 Å². The summed E-state index contributed by atoms with van der Waals surface area (Å²) in [6.45, 7) is 16.0. The third kappa shape index (κ3) is 9.30. The molecule has 0 aromatic rings. The van der Waals surface area contributed by atoms with Crippen LogP contribution in [-0.2, 0) is 9.59 Å². The lowest BCUT2D eigenvalue weighted by atomic mass is 9.84. The third-order valence-corrected chi connectivity index (χ3v) is 12.7. The number of aliphatic hydroxyl groups excluding tert-OH is 1. The minimum Gasteiger partial charge on any atom is -0.511 e. The number of hydrogen-bond donors (Lipinski definition) is 3. The molecule has 2 atom stereocenters. The van der Waals surface area contributed by atoms with E-state index < -0.39 is 5.97 Å². The Morgan fingerprint density at radius 2 is 1.47 bits per heavy atom. The Bertz CT molecular complexity index is 2220. The van der Waals surface area contributed by atoms with Crippen molar-refractivity contribution in [1.82, 2.24) is 20.0 Å². The van der Waals surface area contributed by atoms with Crippen LogP contribution in [0.1, 0.15) is 106 Å². The molecule has 320 valence electrons. The zero-order chi connectivity index (χ0) is 43.4. The predicted molar refractivity (Wildman–Crippen MR) is 243 cm³/mol. The molecule has 5 aliphatic heterocycles. The highest BCUT2D eigenvalue weighted by atomic mass is 16.4. The van der Waals surface area contributed by atoms with Gasteiger partial charge in [-0.3, -0.25) is 9.59 Å². The van der Waals surface area contributed by atoms with E-state index in [0.717, 1.165) is 129 Å². The van der Waals surface area contributed by atoms with Crippen LogP contribution >= 0.6 is 0 Å². The van der Waals surface area contributed by atoms with Crippen molar-refractivity contribution in [3.05, 3.63) is 91.0 Å². The lowest BCUT2D eigenvalue weighted by Gasteiger charge is -2.26. The van der Waals surface area contributed by atoms with E-state index >= 15 is 0 Å². The van der Waals surface area contributed by atoms with Gasteiger partial charge in [0.25, 0.3) is 0 Å². The zero-order valence-electron chi connectivity index (χ0n) is 37.6. The van der Waals surface area contributed by atoms with E-state index in [1.165, 1.54) is 0 Å². The molecular weight excluding hydrogens is 751 g/mol. The fourth-order valence-electron chi connectivity index (χ4n) is 9.32. The van der Waals surface area contributed by atoms with Crippen LogP contribution in [0.25, 0.3) is 0 Å². The first-order valence-electron chi connectivity index (χ1n) is 21.9. The number of fused-ring (bicyclic) bond motifs is 5. The lowest BCUT2D eigenvalue weighted by Crippen LogP contribution is -2.35. The average Bonchev–Trinajstić information content (AvgIpc) is 3.95. The second-order valence-corrected chi connectivity index (χ2v) is 17.4. The molecule has 8 bridgehead atoms. The number of carboxylic acid groups (broad SMARTS) is 1. The molecule has 0 unspecified atom stereocenters. The van der Waals surface area contributed by atoms with Crippen LogP contribution in [0, 0.1) is 23.7 Å². The van der Waals surface area contributed by atoms with E-state index in [1.807, 2.05) is 11.8 Å². The molecule has 0 spiro atoms. The molecule has 0 saturated carbocycles. The number of nitrogens with one attached hydrogen (secondary N) is 1. The van der Waals surface area contributed by atoms with Gasteiger partial charge in [-0.15, -0.1) is 0 Å². The van der Waals surface area contributed by atoms with Crippen LogP contribution in [0.15, 0.2) is 106 Å². The Morgan fingerprint density at radius 3 is 2.10 bits per heavy atom. The van der Waals surface area contributed by atoms with Gasteiger partial charge in [-0.05, 0) is 141 Å². The predicted octanol–water partition coefficient (Wildman–Crippen LogP) is 8.21. The number of amides is 1. The molecule has 1 amide bonds. The van der Waals surface area contributed by atoms with Gasteiger partial charge in [0, 0.05) is 73.1 Å². The van der Waals surface area contributed by atoms with E-state index in [-0.39, 0.29) is 24.2 Å². The first-order valence-corrected chi connectivity index (χ1v) is 21.9. The molecular formula is C49H65N7O4. The van der Waals surface area contributed by atoms with Gasteiger partial charge in [-0.25, -0.2) is 15.0 Å². The topological polar surface area (TPSA) is 133 Å². The minimum absolute atomic E-state index is 0.0528. The van der Waals surface area contributed by atoms with Crippen LogP contribution < -0.4 is 5.32 Å². The Balaban J connectivity index is 1.51. The molecule has 0 aromatic heterocycles. The van der Waals surface area contributed by atoms with Crippen LogP contribution in [0.5, 0.6) is 0 Å². The van der Waals surface area contributed by atoms with Gasteiger partial charge in [-0.1, -0.05) is 32.6 Å². The zero-order valence-corrected chi connectivity index (χ0v) is 37.6. The molecule has 0 aromatic carbocycles. The lowest BCUT2D eigenvalue weighted by molar-refractivity contribution is -0.137. The van der Waals surface area contributed by atoms with Crippen molar-refractivity contribution >= 4 is 29.0 Å². The van der Waals surface area contributed by atoms with Gasteiger partial charge in [-0.2, -0.15) is 0 Å². The Morgan fingerprint density at radius 1 is 0.817 bits per heavy atom. The summed E-state index contributed by atoms with van der Waals surface area (Å²) >= 11 is 0. The highest BCUT2D eigenvalue weighted by molar-refractivity contribution is 6.22. The van der Waals surface area contributed by atoms with Gasteiger partial charge >= 0.3 is 5.97 Å². The summed E-state index contributed by atoms with van der Waals surface area (Å²) in [5.74, 6) is 6.28. The Hall–Kier alpha value is -5.05. The highest BCUT2D eigenvalue weighted by Crippen LogP contribution is 2.47. The number of aliphatic hydroxyl groups is 1. The maximum Gasteiger partial charge on any atom is 0.303 e. The summed E-state index contributed by atoms with van der Waals surface area (Å²) in [7, 11) is 8.26. The van der Waals surface area contributed by atoms with Gasteiger partial charge in [0.2, 0.25) is 5.91 Å². The quantitative estimate of drug-likeness (QED) is 0.106. The summed E-state index contributed by atoms with van der Waals surface area (Å²) in [5.41, 5.74) is 14.8. The van der Waals surface area contributed by atoms with E-state index in [9.17, 15) is 19.8 Å². The van der Waals surface area contributed by atoms with E-state index in [0.29, 0.717) is 51.0 Å². The molecule has 6 aliphatic rings. The SMILES string of the molecule is CCC1=C(C)C2=NC1=CC1=C(C)C3=C(O)CC(=C4NC(=C(C#CCCCC(=O)O)C5=NC(=C2)C(CC)=C5C)[C@@H](C)[C@@H]4CCC(=O)N(CCCN(C)C)CCCN(C)C)C3=N1. The normalized spacial score (nSPS) is 21.0. The molecule has 1 aliphatic carbocycles. The third-order valence-electron chi connectivity index (χ3n) is 12.7. The van der Waals surface area contributed by atoms with Crippen LogP contribution in [-0.4, -0.2) is 108 Å². The van der Waals surface area contributed by atoms with Crippen molar-refractivity contribution in [3.8, 4) is 11.8 Å². The summed E-state index contributed by atoms with van der Waals surface area (Å²) < 4.78 is 0. The van der Waals surface area contributed by atoms with Crippen LogP contribution in [0.4, 0.5) is 0 Å². The van der Waals surface area contributed by atoms with Gasteiger partial charge < -0.3 is 30.2 Å².